The molecule has 1 heterocycles. The second kappa shape index (κ2) is 6.81. The number of piperidine rings is 1. The lowest BCUT2D eigenvalue weighted by Crippen LogP contribution is -2.55. The van der Waals surface area contributed by atoms with Gasteiger partial charge in [0.1, 0.15) is 11.7 Å². The number of carboxylic acids is 1. The summed E-state index contributed by atoms with van der Waals surface area (Å²) in [4.78, 5) is 25.5. The van der Waals surface area contributed by atoms with Gasteiger partial charge in [-0.2, -0.15) is 0 Å². The molecule has 24 heavy (non-hydrogen) atoms. The number of likely N-dealkylation sites (tertiary alicyclic amines) is 1. The van der Waals surface area contributed by atoms with Gasteiger partial charge in [-0.3, -0.25) is 9.59 Å². The molecule has 0 aromatic heterocycles. The van der Waals surface area contributed by atoms with Crippen LogP contribution in [0.2, 0.25) is 0 Å². The Morgan fingerprint density at radius 3 is 2.58 bits per heavy atom. The van der Waals surface area contributed by atoms with Crippen molar-refractivity contribution in [1.29, 1.82) is 0 Å². The summed E-state index contributed by atoms with van der Waals surface area (Å²) in [6, 6.07) is 5.66. The summed E-state index contributed by atoms with van der Waals surface area (Å²) in [5, 5.41) is 19.0. The van der Waals surface area contributed by atoms with E-state index in [2.05, 4.69) is 0 Å². The largest absolute Gasteiger partial charge is 0.481 e. The third-order valence-electron chi connectivity index (χ3n) is 4.62. The highest BCUT2D eigenvalue weighted by molar-refractivity contribution is 5.85. The number of amides is 1. The molecule has 6 nitrogen and oxygen atoms in total. The molecule has 0 radical (unpaired) electrons. The molecule has 1 aromatic rings. The summed E-state index contributed by atoms with van der Waals surface area (Å²) in [6.45, 7) is 7.58. The first-order valence-corrected chi connectivity index (χ1v) is 8.09. The number of carboxylic acid groups (broad SMARTS) is 1. The topological polar surface area (TPSA) is 87.1 Å². The van der Waals surface area contributed by atoms with Gasteiger partial charge >= 0.3 is 5.97 Å². The molecular weight excluding hydrogens is 310 g/mol. The summed E-state index contributed by atoms with van der Waals surface area (Å²) in [5.74, 6) is -1.69. The van der Waals surface area contributed by atoms with Crippen LogP contribution in [0.4, 0.5) is 0 Å². The van der Waals surface area contributed by atoms with Crippen LogP contribution in [0.5, 0.6) is 5.75 Å². The van der Waals surface area contributed by atoms with Gasteiger partial charge in [0.2, 0.25) is 0 Å². The number of aliphatic hydroxyl groups excluding tert-OH is 1. The standard InChI is InChI=1S/C18H25NO5/c1-11-6-5-7-15(12(11)2)24-18(3,4)17(23)19-9-8-14(20)13(10-19)16(21)22/h5-7,13-14,20H,8-10H2,1-4H3,(H,21,22)/t13-,14+/m0/s1. The zero-order valence-corrected chi connectivity index (χ0v) is 14.6. The van der Waals surface area contributed by atoms with Crippen molar-refractivity contribution < 1.29 is 24.5 Å². The highest BCUT2D eigenvalue weighted by Gasteiger charge is 2.41. The van der Waals surface area contributed by atoms with Crippen molar-refractivity contribution in [1.82, 2.24) is 4.90 Å². The SMILES string of the molecule is Cc1cccc(OC(C)(C)C(=O)N2CC[C@@H](O)[C@@H](C(=O)O)C2)c1C. The molecule has 1 aliphatic heterocycles. The van der Waals surface area contributed by atoms with Crippen LogP contribution in [0.15, 0.2) is 18.2 Å². The van der Waals surface area contributed by atoms with Crippen LogP contribution >= 0.6 is 0 Å². The van der Waals surface area contributed by atoms with Crippen LogP contribution in [0, 0.1) is 19.8 Å². The van der Waals surface area contributed by atoms with Crippen molar-refractivity contribution in [2.24, 2.45) is 5.92 Å². The van der Waals surface area contributed by atoms with Gasteiger partial charge in [-0.25, -0.2) is 0 Å². The fourth-order valence-corrected chi connectivity index (χ4v) is 2.90. The number of aryl methyl sites for hydroxylation is 1. The van der Waals surface area contributed by atoms with Crippen LogP contribution in [0.1, 0.15) is 31.4 Å². The van der Waals surface area contributed by atoms with E-state index in [1.54, 1.807) is 13.8 Å². The number of carbonyl (C=O) groups is 2. The Morgan fingerprint density at radius 2 is 1.96 bits per heavy atom. The van der Waals surface area contributed by atoms with E-state index in [9.17, 15) is 19.8 Å². The molecule has 1 aromatic carbocycles. The Kier molecular flexibility index (Phi) is 5.18. The molecule has 1 amide bonds. The first kappa shape index (κ1) is 18.3. The number of ether oxygens (including phenoxy) is 1. The molecule has 0 saturated carbocycles. The summed E-state index contributed by atoms with van der Waals surface area (Å²) < 4.78 is 5.95. The van der Waals surface area contributed by atoms with Crippen molar-refractivity contribution in [2.75, 3.05) is 13.1 Å². The summed E-state index contributed by atoms with van der Waals surface area (Å²) >= 11 is 0. The van der Waals surface area contributed by atoms with Gasteiger partial charge in [0, 0.05) is 13.1 Å². The molecule has 1 fully saturated rings. The fraction of sp³-hybridized carbons (Fsp3) is 0.556. The first-order chi connectivity index (χ1) is 11.1. The van der Waals surface area contributed by atoms with Gasteiger partial charge < -0.3 is 19.8 Å². The minimum atomic E-state index is -1.12. The molecular formula is C18H25NO5. The van der Waals surface area contributed by atoms with Crippen molar-refractivity contribution in [2.45, 2.75) is 45.8 Å². The highest BCUT2D eigenvalue weighted by atomic mass is 16.5. The maximum absolute atomic E-state index is 12.8. The Labute approximate surface area is 142 Å². The summed E-state index contributed by atoms with van der Waals surface area (Å²) in [6.07, 6.45) is -0.669. The van der Waals surface area contributed by atoms with Crippen LogP contribution in [0.3, 0.4) is 0 Å². The number of rotatable bonds is 4. The van der Waals surface area contributed by atoms with Crippen LogP contribution in [-0.2, 0) is 9.59 Å². The highest BCUT2D eigenvalue weighted by Crippen LogP contribution is 2.27. The minimum absolute atomic E-state index is 0.00504. The number of aliphatic hydroxyl groups is 1. The lowest BCUT2D eigenvalue weighted by molar-refractivity contribution is -0.156. The molecule has 0 bridgehead atoms. The van der Waals surface area contributed by atoms with Crippen LogP contribution in [0.25, 0.3) is 0 Å². The Morgan fingerprint density at radius 1 is 1.29 bits per heavy atom. The minimum Gasteiger partial charge on any atom is -0.481 e. The van der Waals surface area contributed by atoms with Gasteiger partial charge in [0.15, 0.2) is 5.60 Å². The van der Waals surface area contributed by atoms with E-state index in [1.807, 2.05) is 32.0 Å². The molecule has 1 saturated heterocycles. The maximum Gasteiger partial charge on any atom is 0.310 e. The van der Waals surface area contributed by atoms with E-state index in [-0.39, 0.29) is 18.9 Å². The summed E-state index contributed by atoms with van der Waals surface area (Å²) in [5.41, 5.74) is 0.919. The molecule has 0 aliphatic carbocycles. The maximum atomic E-state index is 12.8. The van der Waals surface area contributed by atoms with Crippen LogP contribution < -0.4 is 4.74 Å². The number of nitrogens with zero attached hydrogens (tertiary/aromatic N) is 1. The Bertz CT molecular complexity index is 640. The quantitative estimate of drug-likeness (QED) is 0.875. The molecule has 132 valence electrons. The van der Waals surface area contributed by atoms with Gasteiger partial charge in [0.05, 0.1) is 6.10 Å². The van der Waals surface area contributed by atoms with E-state index >= 15 is 0 Å². The third kappa shape index (κ3) is 3.70. The van der Waals surface area contributed by atoms with E-state index in [0.29, 0.717) is 12.3 Å². The van der Waals surface area contributed by atoms with E-state index in [4.69, 9.17) is 4.74 Å². The number of benzene rings is 1. The second-order valence-corrected chi connectivity index (χ2v) is 6.86. The number of aliphatic carboxylic acids is 1. The second-order valence-electron chi connectivity index (χ2n) is 6.86. The normalized spacial score (nSPS) is 21.5. The molecule has 2 atom stereocenters. The fourth-order valence-electron chi connectivity index (χ4n) is 2.90. The number of carbonyl (C=O) groups excluding carboxylic acids is 1. The molecule has 1 aliphatic rings. The number of hydrogen-bond donors (Lipinski definition) is 2. The molecule has 0 unspecified atom stereocenters. The average Bonchev–Trinajstić information content (AvgIpc) is 2.51. The van der Waals surface area contributed by atoms with Gasteiger partial charge in [-0.15, -0.1) is 0 Å². The molecule has 2 N–H and O–H groups in total. The lowest BCUT2D eigenvalue weighted by Gasteiger charge is -2.38. The Hall–Kier alpha value is -2.08. The van der Waals surface area contributed by atoms with E-state index in [0.717, 1.165) is 11.1 Å². The lowest BCUT2D eigenvalue weighted by atomic mass is 9.93. The van der Waals surface area contributed by atoms with Gasteiger partial charge in [-0.05, 0) is 51.3 Å². The zero-order chi connectivity index (χ0) is 18.1. The van der Waals surface area contributed by atoms with Crippen molar-refractivity contribution in [3.05, 3.63) is 29.3 Å². The van der Waals surface area contributed by atoms with Gasteiger partial charge in [-0.1, -0.05) is 12.1 Å². The van der Waals surface area contributed by atoms with Crippen molar-refractivity contribution in [3.63, 3.8) is 0 Å². The monoisotopic (exact) mass is 335 g/mol. The molecule has 6 heteroatoms. The zero-order valence-electron chi connectivity index (χ0n) is 14.6. The third-order valence-corrected chi connectivity index (χ3v) is 4.62. The predicted octanol–water partition coefficient (Wildman–Crippen LogP) is 1.75. The van der Waals surface area contributed by atoms with Crippen molar-refractivity contribution in [3.8, 4) is 5.75 Å². The Balaban J connectivity index is 2.15. The van der Waals surface area contributed by atoms with Crippen LogP contribution in [-0.4, -0.2) is 51.8 Å². The van der Waals surface area contributed by atoms with E-state index in [1.165, 1.54) is 4.90 Å². The van der Waals surface area contributed by atoms with Gasteiger partial charge in [0.25, 0.3) is 5.91 Å². The van der Waals surface area contributed by atoms with E-state index < -0.39 is 23.6 Å². The average molecular weight is 335 g/mol. The van der Waals surface area contributed by atoms with Crippen molar-refractivity contribution >= 4 is 11.9 Å². The molecule has 2 rings (SSSR count). The summed E-state index contributed by atoms with van der Waals surface area (Å²) in [7, 11) is 0. The molecule has 0 spiro atoms. The number of hydrogen-bond acceptors (Lipinski definition) is 4. The smallest absolute Gasteiger partial charge is 0.310 e. The first-order valence-electron chi connectivity index (χ1n) is 8.09. The predicted molar refractivity (Wildman–Crippen MR) is 89.0 cm³/mol.